The first-order valence-corrected chi connectivity index (χ1v) is 16.7. The number of anilines is 1. The zero-order valence-electron chi connectivity index (χ0n) is 18.6. The van der Waals surface area contributed by atoms with Gasteiger partial charge in [0.05, 0.1) is 28.3 Å². The highest BCUT2D eigenvalue weighted by atomic mass is 35.5. The fraction of sp³-hybridized carbons (Fsp3) is 0.318. The van der Waals surface area contributed by atoms with Crippen LogP contribution in [-0.4, -0.2) is 45.7 Å². The zero-order valence-corrected chi connectivity index (χ0v) is 23.4. The molecule has 3 aromatic rings. The maximum Gasteiger partial charge on any atom is 0.265 e. The fourth-order valence-electron chi connectivity index (χ4n) is 3.82. The van der Waals surface area contributed by atoms with Crippen molar-refractivity contribution in [1.29, 1.82) is 0 Å². The molecule has 0 amide bonds. The lowest BCUT2D eigenvalue weighted by Gasteiger charge is -2.20. The molecule has 0 fully saturated rings. The minimum absolute atomic E-state index is 0.0777. The van der Waals surface area contributed by atoms with Gasteiger partial charge in [0.15, 0.2) is 6.54 Å². The summed E-state index contributed by atoms with van der Waals surface area (Å²) in [6.45, 7) is 0.871. The van der Waals surface area contributed by atoms with E-state index >= 15 is 0 Å². The maximum atomic E-state index is 11.7. The van der Waals surface area contributed by atoms with Crippen molar-refractivity contribution < 1.29 is 26.0 Å². The summed E-state index contributed by atoms with van der Waals surface area (Å²) in [5.41, 5.74) is 1.79. The number of thiazole rings is 1. The van der Waals surface area contributed by atoms with Crippen LogP contribution in [0.2, 0.25) is 10.0 Å². The van der Waals surface area contributed by atoms with E-state index in [1.54, 1.807) is 29.2 Å². The summed E-state index contributed by atoms with van der Waals surface area (Å²) in [4.78, 5) is 2.98. The van der Waals surface area contributed by atoms with Gasteiger partial charge in [-0.3, -0.25) is 4.55 Å². The number of nitrogens with zero attached hydrogens (tertiary/aromatic N) is 2. The first-order chi connectivity index (χ1) is 16.4. The van der Waals surface area contributed by atoms with E-state index in [4.69, 9.17) is 27.8 Å². The van der Waals surface area contributed by atoms with Gasteiger partial charge in [-0.2, -0.15) is 13.0 Å². The summed E-state index contributed by atoms with van der Waals surface area (Å²) in [5.74, 6) is -0.265. The van der Waals surface area contributed by atoms with Crippen LogP contribution in [0.5, 0.6) is 0 Å². The molecule has 0 saturated carbocycles. The van der Waals surface area contributed by atoms with Crippen LogP contribution in [-0.2, 0) is 26.5 Å². The topological polar surface area (TPSA) is 95.6 Å². The van der Waals surface area contributed by atoms with Gasteiger partial charge in [0.1, 0.15) is 14.5 Å². The standard InChI is InChI=1S/C22H22Cl2N2O5S4/c1-34(27,28)10-2-8-25-17-12-15(23)4-6-19(17)32-21(25)14-22-26(9-3-11-35(29,30)31)18-13-16(24)5-7-20(18)33-22/h4-7,12-14H,2-3,8-11H2,1H3/p+1. The van der Waals surface area contributed by atoms with Gasteiger partial charge >= 0.3 is 0 Å². The third kappa shape index (κ3) is 6.91. The summed E-state index contributed by atoms with van der Waals surface area (Å²) in [6, 6.07) is 11.2. The Morgan fingerprint density at radius 3 is 2.46 bits per heavy atom. The molecule has 35 heavy (non-hydrogen) atoms. The summed E-state index contributed by atoms with van der Waals surface area (Å²) in [5, 5.41) is 2.96. The second-order valence-electron chi connectivity index (χ2n) is 8.18. The zero-order chi connectivity index (χ0) is 25.4. The fourth-order valence-corrected chi connectivity index (χ4v) is 7.59. The van der Waals surface area contributed by atoms with E-state index in [2.05, 4.69) is 4.57 Å². The van der Waals surface area contributed by atoms with E-state index in [-0.39, 0.29) is 17.9 Å². The third-order valence-corrected chi connectivity index (χ3v) is 9.84. The Labute approximate surface area is 223 Å². The third-order valence-electron chi connectivity index (χ3n) is 5.31. The molecule has 2 heterocycles. The molecule has 0 saturated heterocycles. The van der Waals surface area contributed by atoms with Crippen molar-refractivity contribution in [3.8, 4) is 0 Å². The molecular weight excluding hydrogens is 571 g/mol. The van der Waals surface area contributed by atoms with Crippen molar-refractivity contribution in [2.24, 2.45) is 0 Å². The second kappa shape index (κ2) is 10.6. The number of hydrogen-bond acceptors (Lipinski definition) is 7. The number of halogens is 2. The van der Waals surface area contributed by atoms with Gasteiger partial charge in [0.25, 0.3) is 15.1 Å². The highest BCUT2D eigenvalue weighted by Crippen LogP contribution is 2.48. The highest BCUT2D eigenvalue weighted by Gasteiger charge is 2.28. The number of benzene rings is 2. The van der Waals surface area contributed by atoms with Gasteiger partial charge in [-0.1, -0.05) is 46.3 Å². The Kier molecular flexibility index (Phi) is 8.07. The van der Waals surface area contributed by atoms with Gasteiger partial charge in [-0.25, -0.2) is 8.42 Å². The van der Waals surface area contributed by atoms with Gasteiger partial charge in [-0.05, 0) is 36.8 Å². The van der Waals surface area contributed by atoms with E-state index in [9.17, 15) is 16.8 Å². The molecule has 1 aliphatic rings. The Morgan fingerprint density at radius 1 is 1.03 bits per heavy atom. The molecule has 2 aromatic carbocycles. The van der Waals surface area contributed by atoms with Crippen molar-refractivity contribution in [2.75, 3.05) is 29.2 Å². The molecule has 0 spiro atoms. The smallest absolute Gasteiger partial charge is 0.265 e. The lowest BCUT2D eigenvalue weighted by atomic mass is 10.2. The van der Waals surface area contributed by atoms with E-state index in [1.807, 2.05) is 41.3 Å². The molecule has 13 heteroatoms. The number of aryl methyl sites for hydroxylation is 1. The van der Waals surface area contributed by atoms with Gasteiger partial charge in [-0.15, -0.1) is 0 Å². The van der Waals surface area contributed by atoms with Crippen LogP contribution in [0.3, 0.4) is 0 Å². The van der Waals surface area contributed by atoms with E-state index in [1.165, 1.54) is 6.26 Å². The largest absolute Gasteiger partial charge is 0.335 e. The molecule has 4 rings (SSSR count). The molecule has 0 atom stereocenters. The number of rotatable bonds is 9. The molecule has 1 aliphatic heterocycles. The maximum absolute atomic E-state index is 11.7. The molecular formula is C22H23Cl2N2O5S4+. The van der Waals surface area contributed by atoms with E-state index in [0.717, 1.165) is 30.8 Å². The monoisotopic (exact) mass is 593 g/mol. The SMILES string of the molecule is CS(=O)(=O)CCC[n+]1c(/C=C2\Sc3ccc(Cl)cc3N2CCCS(=O)(=O)O)sc2ccc(Cl)cc21. The second-order valence-corrected chi connectivity index (χ2v) is 15.0. The minimum atomic E-state index is -4.07. The summed E-state index contributed by atoms with van der Waals surface area (Å²) in [7, 11) is -7.16. The van der Waals surface area contributed by atoms with Crippen LogP contribution in [0.25, 0.3) is 16.3 Å². The molecule has 0 aliphatic carbocycles. The number of sulfone groups is 1. The summed E-state index contributed by atoms with van der Waals surface area (Å²) in [6.07, 6.45) is 3.94. The van der Waals surface area contributed by atoms with Crippen LogP contribution in [0.15, 0.2) is 46.3 Å². The normalized spacial score (nSPS) is 15.3. The lowest BCUT2D eigenvalue weighted by molar-refractivity contribution is -0.668. The minimum Gasteiger partial charge on any atom is -0.335 e. The predicted octanol–water partition coefficient (Wildman–Crippen LogP) is 5.12. The number of thioether (sulfide) groups is 1. The number of hydrogen-bond donors (Lipinski definition) is 1. The van der Waals surface area contributed by atoms with Crippen molar-refractivity contribution >= 4 is 88.2 Å². The molecule has 0 bridgehead atoms. The molecule has 188 valence electrons. The van der Waals surface area contributed by atoms with Crippen LogP contribution in [0.4, 0.5) is 5.69 Å². The summed E-state index contributed by atoms with van der Waals surface area (Å²) < 4.78 is 58.1. The average Bonchev–Trinajstić information content (AvgIpc) is 3.24. The molecule has 0 unspecified atom stereocenters. The van der Waals surface area contributed by atoms with Crippen LogP contribution in [0.1, 0.15) is 17.8 Å². The van der Waals surface area contributed by atoms with Crippen molar-refractivity contribution in [2.45, 2.75) is 24.3 Å². The first-order valence-electron chi connectivity index (χ1n) is 10.6. The summed E-state index contributed by atoms with van der Waals surface area (Å²) >= 11 is 15.6. The van der Waals surface area contributed by atoms with E-state index in [0.29, 0.717) is 29.6 Å². The Hall–Kier alpha value is -1.34. The number of aromatic nitrogens is 1. The highest BCUT2D eigenvalue weighted by molar-refractivity contribution is 8.04. The molecule has 1 aromatic heterocycles. The molecule has 1 N–H and O–H groups in total. The predicted molar refractivity (Wildman–Crippen MR) is 145 cm³/mol. The first kappa shape index (κ1) is 26.7. The number of fused-ring (bicyclic) bond motifs is 2. The van der Waals surface area contributed by atoms with Gasteiger partial charge in [0, 0.05) is 40.2 Å². The Balaban J connectivity index is 1.73. The molecule has 0 radical (unpaired) electrons. The van der Waals surface area contributed by atoms with Gasteiger partial charge < -0.3 is 4.90 Å². The average molecular weight is 595 g/mol. The van der Waals surface area contributed by atoms with Crippen LogP contribution < -0.4 is 9.47 Å². The van der Waals surface area contributed by atoms with Gasteiger partial charge in [0.2, 0.25) is 5.52 Å². The van der Waals surface area contributed by atoms with Crippen LogP contribution in [0, 0.1) is 0 Å². The quantitative estimate of drug-likeness (QED) is 0.272. The van der Waals surface area contributed by atoms with Crippen LogP contribution >= 0.6 is 46.3 Å². The van der Waals surface area contributed by atoms with Crippen molar-refractivity contribution in [1.82, 2.24) is 0 Å². The Morgan fingerprint density at radius 2 is 1.74 bits per heavy atom. The van der Waals surface area contributed by atoms with E-state index < -0.39 is 20.0 Å². The molecule has 7 nitrogen and oxygen atoms in total. The Bertz CT molecular complexity index is 1520. The lowest BCUT2D eigenvalue weighted by Crippen LogP contribution is -2.36. The van der Waals surface area contributed by atoms with Crippen molar-refractivity contribution in [3.63, 3.8) is 0 Å². The van der Waals surface area contributed by atoms with Crippen molar-refractivity contribution in [3.05, 3.63) is 56.5 Å².